The molecule has 94 valence electrons. The van der Waals surface area contributed by atoms with Gasteiger partial charge in [-0.05, 0) is 65.3 Å². The van der Waals surface area contributed by atoms with E-state index < -0.39 is 0 Å². The third kappa shape index (κ3) is 3.31. The fourth-order valence-corrected chi connectivity index (χ4v) is 2.89. The van der Waals surface area contributed by atoms with E-state index >= 15 is 0 Å². The summed E-state index contributed by atoms with van der Waals surface area (Å²) in [6.07, 6.45) is 1.77. The molecule has 0 unspecified atom stereocenters. The van der Waals surface area contributed by atoms with Crippen molar-refractivity contribution in [3.63, 3.8) is 0 Å². The molecular weight excluding hydrogens is 310 g/mol. The lowest BCUT2D eigenvalue weighted by Crippen LogP contribution is -2.04. The van der Waals surface area contributed by atoms with Crippen LogP contribution in [0.3, 0.4) is 0 Å². The van der Waals surface area contributed by atoms with Gasteiger partial charge in [0, 0.05) is 27.3 Å². The second kappa shape index (κ2) is 5.82. The Kier molecular flexibility index (Phi) is 4.37. The van der Waals surface area contributed by atoms with Crippen molar-refractivity contribution in [2.45, 2.75) is 29.9 Å². The van der Waals surface area contributed by atoms with Crippen LogP contribution in [0.4, 0.5) is 0 Å². The smallest absolute Gasteiger partial charge is 0.192 e. The zero-order valence-electron chi connectivity index (χ0n) is 10.2. The minimum absolute atomic E-state index is 0.0376. The number of rotatable bonds is 3. The Morgan fingerprint density at radius 3 is 2.72 bits per heavy atom. The maximum Gasteiger partial charge on any atom is 0.192 e. The predicted molar refractivity (Wildman–Crippen MR) is 77.6 cm³/mol. The third-order valence-corrected chi connectivity index (χ3v) is 4.33. The van der Waals surface area contributed by atoms with Gasteiger partial charge in [0.1, 0.15) is 0 Å². The third-order valence-electron chi connectivity index (χ3n) is 2.46. The summed E-state index contributed by atoms with van der Waals surface area (Å²) in [4.78, 5) is 9.70. The lowest BCUT2D eigenvalue weighted by molar-refractivity contribution is 0.815. The molecule has 1 heterocycles. The molecule has 2 N–H and O–H groups in total. The van der Waals surface area contributed by atoms with E-state index in [0.717, 1.165) is 25.8 Å². The van der Waals surface area contributed by atoms with E-state index in [1.807, 2.05) is 38.1 Å². The lowest BCUT2D eigenvalue weighted by atomic mass is 10.1. The Labute approximate surface area is 119 Å². The summed E-state index contributed by atoms with van der Waals surface area (Å²) < 4.78 is 1.02. The van der Waals surface area contributed by atoms with E-state index in [0.29, 0.717) is 0 Å². The topological polar surface area (TPSA) is 51.8 Å². The highest BCUT2D eigenvalue weighted by molar-refractivity contribution is 9.10. The van der Waals surface area contributed by atoms with Crippen LogP contribution in [-0.2, 0) is 0 Å². The molecule has 0 saturated carbocycles. The molecule has 5 heteroatoms. The Bertz CT molecular complexity index is 558. The number of aromatic nitrogens is 2. The normalized spacial score (nSPS) is 12.4. The number of halogens is 1. The van der Waals surface area contributed by atoms with E-state index in [1.54, 1.807) is 6.20 Å². The van der Waals surface area contributed by atoms with Gasteiger partial charge in [-0.1, -0.05) is 6.07 Å². The van der Waals surface area contributed by atoms with Crippen LogP contribution in [0, 0.1) is 6.92 Å². The maximum atomic E-state index is 5.85. The quantitative estimate of drug-likeness (QED) is 0.874. The molecule has 0 amide bonds. The van der Waals surface area contributed by atoms with E-state index in [-0.39, 0.29) is 6.04 Å². The highest BCUT2D eigenvalue weighted by Gasteiger charge is 2.07. The van der Waals surface area contributed by atoms with E-state index in [4.69, 9.17) is 5.73 Å². The van der Waals surface area contributed by atoms with Crippen LogP contribution in [-0.4, -0.2) is 9.97 Å². The van der Waals surface area contributed by atoms with Crippen molar-refractivity contribution in [2.75, 3.05) is 0 Å². The number of hydrogen-bond donors (Lipinski definition) is 1. The molecule has 0 bridgehead atoms. The van der Waals surface area contributed by atoms with Crippen LogP contribution >= 0.6 is 27.7 Å². The van der Waals surface area contributed by atoms with Crippen LogP contribution in [0.1, 0.15) is 24.2 Å². The van der Waals surface area contributed by atoms with E-state index in [9.17, 15) is 0 Å². The zero-order chi connectivity index (χ0) is 13.1. The number of hydrogen-bond acceptors (Lipinski definition) is 4. The summed E-state index contributed by atoms with van der Waals surface area (Å²) in [7, 11) is 0. The molecule has 0 spiro atoms. The fraction of sp³-hybridized carbons (Fsp3) is 0.231. The minimum atomic E-state index is 0.0376. The molecule has 1 aromatic carbocycles. The molecule has 0 aliphatic heterocycles. The standard InChI is InChI=1S/C13H14BrN3S/c1-8-5-6-16-13(17-8)18-12-4-3-10(9(2)15)7-11(12)14/h3-7,9H,15H2,1-2H3/t9-/m0/s1. The first-order chi connectivity index (χ1) is 8.56. The number of nitrogens with two attached hydrogens (primary N) is 1. The first-order valence-corrected chi connectivity index (χ1v) is 7.20. The monoisotopic (exact) mass is 323 g/mol. The lowest BCUT2D eigenvalue weighted by Gasteiger charge is -2.09. The van der Waals surface area contributed by atoms with Crippen LogP contribution in [0.15, 0.2) is 45.0 Å². The van der Waals surface area contributed by atoms with Gasteiger partial charge in [-0.25, -0.2) is 9.97 Å². The van der Waals surface area contributed by atoms with E-state index in [2.05, 4.69) is 25.9 Å². The van der Waals surface area contributed by atoms with Crippen molar-refractivity contribution in [1.29, 1.82) is 0 Å². The molecule has 3 nitrogen and oxygen atoms in total. The molecule has 0 aliphatic carbocycles. The minimum Gasteiger partial charge on any atom is -0.324 e. The summed E-state index contributed by atoms with van der Waals surface area (Å²) in [5.41, 5.74) is 7.93. The molecule has 0 aliphatic rings. The molecular formula is C13H14BrN3S. The van der Waals surface area contributed by atoms with Crippen molar-refractivity contribution < 1.29 is 0 Å². The Morgan fingerprint density at radius 2 is 2.11 bits per heavy atom. The molecule has 2 rings (SSSR count). The van der Waals surface area contributed by atoms with Crippen molar-refractivity contribution in [1.82, 2.24) is 9.97 Å². The molecule has 1 aromatic heterocycles. The van der Waals surface area contributed by atoms with Crippen molar-refractivity contribution in [3.8, 4) is 0 Å². The SMILES string of the molecule is Cc1ccnc(Sc2ccc([C@H](C)N)cc2Br)n1. The number of nitrogens with zero attached hydrogens (tertiary/aromatic N) is 2. The fourth-order valence-electron chi connectivity index (χ4n) is 1.46. The Morgan fingerprint density at radius 1 is 1.33 bits per heavy atom. The van der Waals surface area contributed by atoms with Crippen LogP contribution < -0.4 is 5.73 Å². The van der Waals surface area contributed by atoms with E-state index in [1.165, 1.54) is 11.8 Å². The largest absolute Gasteiger partial charge is 0.324 e. The molecule has 1 atom stereocenters. The predicted octanol–water partition coefficient (Wildman–Crippen LogP) is 3.72. The van der Waals surface area contributed by atoms with Gasteiger partial charge in [-0.2, -0.15) is 0 Å². The Hall–Kier alpha value is -0.910. The second-order valence-electron chi connectivity index (χ2n) is 4.06. The average molecular weight is 324 g/mol. The molecule has 0 fully saturated rings. The van der Waals surface area contributed by atoms with Gasteiger partial charge in [-0.3, -0.25) is 0 Å². The van der Waals surface area contributed by atoms with Crippen LogP contribution in [0.5, 0.6) is 0 Å². The maximum absolute atomic E-state index is 5.85. The highest BCUT2D eigenvalue weighted by Crippen LogP contribution is 2.33. The molecule has 0 radical (unpaired) electrons. The van der Waals surface area contributed by atoms with Gasteiger partial charge in [0.15, 0.2) is 5.16 Å². The first kappa shape index (κ1) is 13.5. The van der Waals surface area contributed by atoms with Crippen LogP contribution in [0.2, 0.25) is 0 Å². The number of benzene rings is 1. The summed E-state index contributed by atoms with van der Waals surface area (Å²) in [5, 5.41) is 0.754. The Balaban J connectivity index is 2.24. The van der Waals surface area contributed by atoms with Gasteiger partial charge in [-0.15, -0.1) is 0 Å². The summed E-state index contributed by atoms with van der Waals surface area (Å²) in [6.45, 7) is 3.93. The number of aryl methyl sites for hydroxylation is 1. The average Bonchev–Trinajstić information content (AvgIpc) is 2.31. The van der Waals surface area contributed by atoms with Crippen molar-refractivity contribution in [2.24, 2.45) is 5.73 Å². The summed E-state index contributed by atoms with van der Waals surface area (Å²) in [6, 6.07) is 8.05. The van der Waals surface area contributed by atoms with Gasteiger partial charge >= 0.3 is 0 Å². The van der Waals surface area contributed by atoms with Gasteiger partial charge < -0.3 is 5.73 Å². The van der Waals surface area contributed by atoms with Gasteiger partial charge in [0.05, 0.1) is 0 Å². The molecule has 2 aromatic rings. The molecule has 18 heavy (non-hydrogen) atoms. The zero-order valence-corrected chi connectivity index (χ0v) is 12.6. The highest BCUT2D eigenvalue weighted by atomic mass is 79.9. The van der Waals surface area contributed by atoms with Crippen molar-refractivity contribution >= 4 is 27.7 Å². The first-order valence-electron chi connectivity index (χ1n) is 5.59. The second-order valence-corrected chi connectivity index (χ2v) is 5.92. The molecule has 0 saturated heterocycles. The van der Waals surface area contributed by atoms with Crippen LogP contribution in [0.25, 0.3) is 0 Å². The summed E-state index contributed by atoms with van der Waals surface area (Å²) in [5.74, 6) is 0. The van der Waals surface area contributed by atoms with Gasteiger partial charge in [0.2, 0.25) is 0 Å². The van der Waals surface area contributed by atoms with Crippen molar-refractivity contribution in [3.05, 3.63) is 46.2 Å². The van der Waals surface area contributed by atoms with Gasteiger partial charge in [0.25, 0.3) is 0 Å². The summed E-state index contributed by atoms with van der Waals surface area (Å²) >= 11 is 5.10.